The number of thiophene rings is 1. The molecule has 0 fully saturated rings. The molecule has 2 aliphatic heterocycles. The maximum Gasteiger partial charge on any atom is 0.276 e. The van der Waals surface area contributed by atoms with E-state index in [1.54, 1.807) is 42.2 Å². The SMILES string of the molecule is Cc1cccc(F)c1NC(=O)c1cc2c(s1)-c1cc(F)ccc1N(C(=O)c1cccc(N3CCOc4ccccc4C3)n1)CC2. The predicted molar refractivity (Wildman–Crippen MR) is 171 cm³/mol. The third kappa shape index (κ3) is 5.53. The van der Waals surface area contributed by atoms with E-state index in [4.69, 9.17) is 9.72 Å². The number of anilines is 3. The fourth-order valence-electron chi connectivity index (χ4n) is 5.79. The number of carbonyl (C=O) groups excluding carboxylic acids is 2. The highest BCUT2D eigenvalue weighted by atomic mass is 32.1. The van der Waals surface area contributed by atoms with Gasteiger partial charge >= 0.3 is 0 Å². The Hall–Kier alpha value is -5.09. The van der Waals surface area contributed by atoms with Crippen molar-refractivity contribution in [3.05, 3.63) is 124 Å². The molecular formula is C35H28F2N4O3S. The van der Waals surface area contributed by atoms with Gasteiger partial charge in [0.15, 0.2) is 0 Å². The molecule has 0 spiro atoms. The highest BCUT2D eigenvalue weighted by molar-refractivity contribution is 7.17. The maximum atomic E-state index is 14.7. The van der Waals surface area contributed by atoms with Crippen LogP contribution in [0.1, 0.15) is 36.9 Å². The Balaban J connectivity index is 1.18. The number of aryl methyl sites for hydroxylation is 1. The van der Waals surface area contributed by atoms with Gasteiger partial charge in [0.1, 0.15) is 35.5 Å². The third-order valence-corrected chi connectivity index (χ3v) is 9.28. The van der Waals surface area contributed by atoms with Gasteiger partial charge in [-0.2, -0.15) is 0 Å². The van der Waals surface area contributed by atoms with E-state index in [0.29, 0.717) is 65.0 Å². The van der Waals surface area contributed by atoms with Crippen molar-refractivity contribution in [2.24, 2.45) is 0 Å². The Labute approximate surface area is 262 Å². The lowest BCUT2D eigenvalue weighted by Gasteiger charge is -2.24. The zero-order valence-corrected chi connectivity index (χ0v) is 25.2. The first kappa shape index (κ1) is 28.7. The average molecular weight is 623 g/mol. The fourth-order valence-corrected chi connectivity index (χ4v) is 6.92. The number of halogens is 2. The molecular weight excluding hydrogens is 594 g/mol. The van der Waals surface area contributed by atoms with Crippen molar-refractivity contribution >= 4 is 40.3 Å². The number of para-hydroxylation sites is 2. The number of rotatable bonds is 4. The fraction of sp³-hybridized carbons (Fsp3) is 0.171. The molecule has 0 aliphatic carbocycles. The molecule has 0 saturated heterocycles. The number of nitrogens with zero attached hydrogens (tertiary/aromatic N) is 3. The molecule has 2 amide bonds. The number of hydrogen-bond donors (Lipinski definition) is 1. The average Bonchev–Trinajstić information content (AvgIpc) is 3.27. The minimum atomic E-state index is -0.519. The van der Waals surface area contributed by atoms with Crippen LogP contribution in [0.2, 0.25) is 0 Å². The number of carbonyl (C=O) groups is 2. The number of benzene rings is 3. The molecule has 7 rings (SSSR count). The zero-order chi connectivity index (χ0) is 31.1. The molecule has 45 heavy (non-hydrogen) atoms. The molecule has 0 radical (unpaired) electrons. The molecule has 0 atom stereocenters. The van der Waals surface area contributed by atoms with Crippen LogP contribution >= 0.6 is 11.3 Å². The van der Waals surface area contributed by atoms with E-state index in [9.17, 15) is 18.4 Å². The topological polar surface area (TPSA) is 74.8 Å². The molecule has 3 aromatic carbocycles. The predicted octanol–water partition coefficient (Wildman–Crippen LogP) is 7.25. The van der Waals surface area contributed by atoms with Crippen LogP contribution in [-0.2, 0) is 13.0 Å². The summed E-state index contributed by atoms with van der Waals surface area (Å²) in [6.07, 6.45) is 0.430. The van der Waals surface area contributed by atoms with Crippen LogP contribution in [0.4, 0.5) is 26.0 Å². The maximum absolute atomic E-state index is 14.7. The van der Waals surface area contributed by atoms with Crippen molar-refractivity contribution in [3.63, 3.8) is 0 Å². The monoisotopic (exact) mass is 622 g/mol. The zero-order valence-electron chi connectivity index (χ0n) is 24.3. The summed E-state index contributed by atoms with van der Waals surface area (Å²) in [5, 5.41) is 2.68. The van der Waals surface area contributed by atoms with Crippen LogP contribution in [0.5, 0.6) is 5.75 Å². The van der Waals surface area contributed by atoms with Gasteiger partial charge in [0.05, 0.1) is 22.8 Å². The third-order valence-electron chi connectivity index (χ3n) is 8.07. The molecule has 5 aromatic rings. The number of ether oxygens (including phenoxy) is 1. The van der Waals surface area contributed by atoms with Crippen LogP contribution in [0.3, 0.4) is 0 Å². The number of aromatic nitrogens is 1. The van der Waals surface area contributed by atoms with Crippen LogP contribution in [-0.4, -0.2) is 36.5 Å². The molecule has 10 heteroatoms. The lowest BCUT2D eigenvalue weighted by Crippen LogP contribution is -2.34. The molecule has 0 saturated carbocycles. The van der Waals surface area contributed by atoms with Crippen LogP contribution in [0, 0.1) is 18.6 Å². The Morgan fingerprint density at radius 3 is 2.64 bits per heavy atom. The van der Waals surface area contributed by atoms with Gasteiger partial charge in [-0.3, -0.25) is 9.59 Å². The van der Waals surface area contributed by atoms with Gasteiger partial charge in [0, 0.05) is 29.1 Å². The smallest absolute Gasteiger partial charge is 0.276 e. The standard InChI is InChI=1S/C35H28F2N4O3S/c1-21-6-4-8-26(37)32(21)39-34(42)30-18-22-14-15-41(28-13-12-24(36)19-25(28)33(22)45-30)35(43)27-9-5-11-31(38-27)40-16-17-44-29-10-3-2-7-23(29)20-40/h2-13,18-19H,14-17,20H2,1H3,(H,39,42). The number of fused-ring (bicyclic) bond motifs is 4. The highest BCUT2D eigenvalue weighted by Crippen LogP contribution is 2.42. The van der Waals surface area contributed by atoms with Gasteiger partial charge in [-0.1, -0.05) is 36.4 Å². The lowest BCUT2D eigenvalue weighted by molar-refractivity contribution is 0.0981. The van der Waals surface area contributed by atoms with Gasteiger partial charge in [-0.25, -0.2) is 13.8 Å². The van der Waals surface area contributed by atoms with Gasteiger partial charge in [-0.05, 0) is 73.0 Å². The molecule has 226 valence electrons. The number of amides is 2. The summed E-state index contributed by atoms with van der Waals surface area (Å²) < 4.78 is 35.0. The summed E-state index contributed by atoms with van der Waals surface area (Å²) in [4.78, 5) is 36.8. The van der Waals surface area contributed by atoms with Gasteiger partial charge in [0.25, 0.3) is 11.8 Å². The number of nitrogens with one attached hydrogen (secondary N) is 1. The Morgan fingerprint density at radius 1 is 0.933 bits per heavy atom. The molecule has 0 bridgehead atoms. The van der Waals surface area contributed by atoms with E-state index < -0.39 is 17.5 Å². The summed E-state index contributed by atoms with van der Waals surface area (Å²) in [5.74, 6) is -0.228. The van der Waals surface area contributed by atoms with Crippen LogP contribution in [0.25, 0.3) is 10.4 Å². The van der Waals surface area contributed by atoms with E-state index in [1.165, 1.54) is 29.5 Å². The van der Waals surface area contributed by atoms with E-state index in [2.05, 4.69) is 10.2 Å². The number of hydrogen-bond acceptors (Lipinski definition) is 6. The Bertz CT molecular complexity index is 1940. The first-order valence-corrected chi connectivity index (χ1v) is 15.4. The van der Waals surface area contributed by atoms with Crippen molar-refractivity contribution in [1.82, 2.24) is 4.98 Å². The molecule has 1 N–H and O–H groups in total. The second-order valence-corrected chi connectivity index (χ2v) is 12.0. The largest absolute Gasteiger partial charge is 0.491 e. The number of pyridine rings is 1. The van der Waals surface area contributed by atoms with Crippen LogP contribution in [0.15, 0.2) is 84.9 Å². The van der Waals surface area contributed by atoms with Crippen molar-refractivity contribution in [3.8, 4) is 16.2 Å². The normalized spacial score (nSPS) is 13.9. The summed E-state index contributed by atoms with van der Waals surface area (Å²) >= 11 is 1.19. The van der Waals surface area contributed by atoms with Gasteiger partial charge in [0.2, 0.25) is 0 Å². The van der Waals surface area contributed by atoms with Crippen molar-refractivity contribution in [2.45, 2.75) is 19.9 Å². The first-order valence-electron chi connectivity index (χ1n) is 14.6. The summed E-state index contributed by atoms with van der Waals surface area (Å²) in [6.45, 7) is 3.71. The molecule has 2 aromatic heterocycles. The van der Waals surface area contributed by atoms with Crippen molar-refractivity contribution in [2.75, 3.05) is 34.8 Å². The van der Waals surface area contributed by atoms with Crippen molar-refractivity contribution in [1.29, 1.82) is 0 Å². The quantitative estimate of drug-likeness (QED) is 0.229. The summed E-state index contributed by atoms with van der Waals surface area (Å²) in [7, 11) is 0. The Morgan fingerprint density at radius 2 is 1.78 bits per heavy atom. The molecule has 7 nitrogen and oxygen atoms in total. The van der Waals surface area contributed by atoms with Crippen LogP contribution < -0.4 is 19.9 Å². The van der Waals surface area contributed by atoms with Gasteiger partial charge in [-0.15, -0.1) is 11.3 Å². The minimum absolute atomic E-state index is 0.126. The molecule has 2 aliphatic rings. The van der Waals surface area contributed by atoms with Crippen molar-refractivity contribution < 1.29 is 23.1 Å². The van der Waals surface area contributed by atoms with E-state index >= 15 is 0 Å². The van der Waals surface area contributed by atoms with E-state index in [-0.39, 0.29) is 17.3 Å². The molecule has 0 unspecified atom stereocenters. The Kier molecular flexibility index (Phi) is 7.50. The first-order chi connectivity index (χ1) is 21.9. The highest BCUT2D eigenvalue weighted by Gasteiger charge is 2.29. The lowest BCUT2D eigenvalue weighted by atomic mass is 10.1. The van der Waals surface area contributed by atoms with E-state index in [0.717, 1.165) is 16.9 Å². The second kappa shape index (κ2) is 11.8. The minimum Gasteiger partial charge on any atom is -0.491 e. The van der Waals surface area contributed by atoms with E-state index in [1.807, 2.05) is 36.4 Å². The molecule has 4 heterocycles. The summed E-state index contributed by atoms with van der Waals surface area (Å²) in [5.41, 5.74) is 3.90. The summed E-state index contributed by atoms with van der Waals surface area (Å²) in [6, 6.07) is 23.9. The van der Waals surface area contributed by atoms with Gasteiger partial charge < -0.3 is 19.9 Å². The second-order valence-electron chi connectivity index (χ2n) is 11.0.